The van der Waals surface area contributed by atoms with Gasteiger partial charge in [-0.1, -0.05) is 23.7 Å². The van der Waals surface area contributed by atoms with Gasteiger partial charge in [0.1, 0.15) is 0 Å². The predicted molar refractivity (Wildman–Crippen MR) is 82.1 cm³/mol. The molecule has 2 atom stereocenters. The summed E-state index contributed by atoms with van der Waals surface area (Å²) in [7, 11) is 0. The highest BCUT2D eigenvalue weighted by molar-refractivity contribution is 6.33. The monoisotopic (exact) mass is 306 g/mol. The third kappa shape index (κ3) is 3.10. The van der Waals surface area contributed by atoms with Gasteiger partial charge in [0, 0.05) is 25.2 Å². The van der Waals surface area contributed by atoms with Crippen LogP contribution in [0.25, 0.3) is 11.5 Å². The van der Waals surface area contributed by atoms with Crippen LogP contribution < -0.4 is 5.32 Å². The zero-order valence-electron chi connectivity index (χ0n) is 12.2. The Hall–Kier alpha value is -1.43. The van der Waals surface area contributed by atoms with Crippen molar-refractivity contribution in [2.45, 2.75) is 32.5 Å². The fourth-order valence-electron chi connectivity index (χ4n) is 2.70. The van der Waals surface area contributed by atoms with Crippen LogP contribution in [0.2, 0.25) is 5.02 Å². The third-order valence-corrected chi connectivity index (χ3v) is 4.23. The fraction of sp³-hybridized carbons (Fsp3) is 0.467. The molecule has 0 aliphatic carbocycles. The van der Waals surface area contributed by atoms with Crippen molar-refractivity contribution < 1.29 is 4.42 Å². The summed E-state index contributed by atoms with van der Waals surface area (Å²) >= 11 is 6.16. The lowest BCUT2D eigenvalue weighted by Crippen LogP contribution is -2.54. The molecule has 1 aliphatic heterocycles. The molecule has 1 aliphatic rings. The van der Waals surface area contributed by atoms with E-state index in [-0.39, 0.29) is 0 Å². The number of halogens is 1. The Morgan fingerprint density at radius 1 is 1.24 bits per heavy atom. The van der Waals surface area contributed by atoms with Crippen LogP contribution in [-0.2, 0) is 6.54 Å². The minimum Gasteiger partial charge on any atom is -0.419 e. The highest BCUT2D eigenvalue weighted by Crippen LogP contribution is 2.26. The second kappa shape index (κ2) is 6.13. The van der Waals surface area contributed by atoms with Crippen LogP contribution in [0.4, 0.5) is 0 Å². The van der Waals surface area contributed by atoms with E-state index in [1.807, 2.05) is 24.3 Å². The largest absolute Gasteiger partial charge is 0.419 e. The molecular formula is C15H19ClN4O. The first-order valence-corrected chi connectivity index (χ1v) is 7.56. The summed E-state index contributed by atoms with van der Waals surface area (Å²) in [6, 6.07) is 8.39. The van der Waals surface area contributed by atoms with E-state index in [1.54, 1.807) is 0 Å². The van der Waals surface area contributed by atoms with Gasteiger partial charge in [-0.3, -0.25) is 4.90 Å². The molecule has 6 heteroatoms. The van der Waals surface area contributed by atoms with Crippen LogP contribution in [-0.4, -0.2) is 40.3 Å². The van der Waals surface area contributed by atoms with Gasteiger partial charge in [-0.25, -0.2) is 0 Å². The minimum atomic E-state index is 0.449. The molecule has 2 heterocycles. The summed E-state index contributed by atoms with van der Waals surface area (Å²) in [5.41, 5.74) is 0.777. The Labute approximate surface area is 129 Å². The molecular weight excluding hydrogens is 288 g/mol. The molecule has 1 fully saturated rings. The van der Waals surface area contributed by atoms with Crippen molar-refractivity contribution in [3.05, 3.63) is 35.2 Å². The molecule has 1 aromatic carbocycles. The number of nitrogens with one attached hydrogen (secondary N) is 1. The summed E-state index contributed by atoms with van der Waals surface area (Å²) < 4.78 is 5.78. The second-order valence-electron chi connectivity index (χ2n) is 5.51. The van der Waals surface area contributed by atoms with Crippen LogP contribution >= 0.6 is 11.6 Å². The molecule has 5 nitrogen and oxygen atoms in total. The van der Waals surface area contributed by atoms with E-state index in [4.69, 9.17) is 16.0 Å². The molecule has 1 aromatic heterocycles. The van der Waals surface area contributed by atoms with Gasteiger partial charge in [0.15, 0.2) is 0 Å². The van der Waals surface area contributed by atoms with E-state index < -0.39 is 0 Å². The number of hydrogen-bond acceptors (Lipinski definition) is 5. The summed E-state index contributed by atoms with van der Waals surface area (Å²) in [6.45, 7) is 7.04. The topological polar surface area (TPSA) is 54.2 Å². The van der Waals surface area contributed by atoms with E-state index >= 15 is 0 Å². The average Bonchev–Trinajstić information content (AvgIpc) is 2.92. The Morgan fingerprint density at radius 2 is 1.95 bits per heavy atom. The predicted octanol–water partition coefficient (Wildman–Crippen LogP) is 2.57. The molecule has 0 spiro atoms. The van der Waals surface area contributed by atoms with Crippen LogP contribution in [0.5, 0.6) is 0 Å². The summed E-state index contributed by atoms with van der Waals surface area (Å²) in [5.74, 6) is 1.11. The molecule has 3 rings (SSSR count). The van der Waals surface area contributed by atoms with Gasteiger partial charge in [0.2, 0.25) is 11.8 Å². The lowest BCUT2D eigenvalue weighted by atomic mass is 10.1. The van der Waals surface area contributed by atoms with Crippen molar-refractivity contribution in [2.24, 2.45) is 0 Å². The van der Waals surface area contributed by atoms with Crippen LogP contribution in [0.15, 0.2) is 28.7 Å². The van der Waals surface area contributed by atoms with Crippen molar-refractivity contribution in [3.8, 4) is 11.5 Å². The highest BCUT2D eigenvalue weighted by atomic mass is 35.5. The van der Waals surface area contributed by atoms with Gasteiger partial charge in [0.05, 0.1) is 17.1 Å². The first-order valence-electron chi connectivity index (χ1n) is 7.19. The molecule has 112 valence electrons. The average molecular weight is 307 g/mol. The summed E-state index contributed by atoms with van der Waals surface area (Å²) in [4.78, 5) is 2.38. The van der Waals surface area contributed by atoms with Crippen molar-refractivity contribution >= 4 is 11.6 Å². The lowest BCUT2D eigenvalue weighted by molar-refractivity contribution is 0.0979. The quantitative estimate of drug-likeness (QED) is 0.944. The molecule has 0 amide bonds. The SMILES string of the molecule is CC1CNCC(C)N1Cc1nnc(-c2ccccc2Cl)o1. The normalized spacial score (nSPS) is 23.4. The first-order chi connectivity index (χ1) is 10.1. The molecule has 0 bridgehead atoms. The standard InChI is InChI=1S/C15H19ClN4O/c1-10-7-17-8-11(2)20(10)9-14-18-19-15(21-14)12-5-3-4-6-13(12)16/h3-6,10-11,17H,7-9H2,1-2H3. The maximum Gasteiger partial charge on any atom is 0.249 e. The van der Waals surface area contributed by atoms with Crippen LogP contribution in [0, 0.1) is 0 Å². The van der Waals surface area contributed by atoms with Crippen LogP contribution in [0.3, 0.4) is 0 Å². The lowest BCUT2D eigenvalue weighted by Gasteiger charge is -2.38. The highest BCUT2D eigenvalue weighted by Gasteiger charge is 2.26. The zero-order chi connectivity index (χ0) is 14.8. The molecule has 1 N–H and O–H groups in total. The number of benzene rings is 1. The third-order valence-electron chi connectivity index (χ3n) is 3.90. The molecule has 0 radical (unpaired) electrons. The van der Waals surface area contributed by atoms with Gasteiger partial charge >= 0.3 is 0 Å². The maximum atomic E-state index is 6.16. The Bertz CT molecular complexity index is 605. The Morgan fingerprint density at radius 3 is 2.67 bits per heavy atom. The minimum absolute atomic E-state index is 0.449. The van der Waals surface area contributed by atoms with E-state index in [9.17, 15) is 0 Å². The second-order valence-corrected chi connectivity index (χ2v) is 5.92. The van der Waals surface area contributed by atoms with Crippen molar-refractivity contribution in [1.29, 1.82) is 0 Å². The summed E-state index contributed by atoms with van der Waals surface area (Å²) in [5, 5.41) is 12.3. The van der Waals surface area contributed by atoms with E-state index in [1.165, 1.54) is 0 Å². The molecule has 1 saturated heterocycles. The van der Waals surface area contributed by atoms with Gasteiger partial charge < -0.3 is 9.73 Å². The summed E-state index contributed by atoms with van der Waals surface area (Å²) in [6.07, 6.45) is 0. The van der Waals surface area contributed by atoms with Crippen molar-refractivity contribution in [1.82, 2.24) is 20.4 Å². The van der Waals surface area contributed by atoms with Gasteiger partial charge in [0.25, 0.3) is 0 Å². The van der Waals surface area contributed by atoms with Crippen LogP contribution in [0.1, 0.15) is 19.7 Å². The fourth-order valence-corrected chi connectivity index (χ4v) is 2.92. The van der Waals surface area contributed by atoms with E-state index in [2.05, 4.69) is 34.3 Å². The number of aromatic nitrogens is 2. The molecule has 0 saturated carbocycles. The number of nitrogens with zero attached hydrogens (tertiary/aromatic N) is 3. The number of rotatable bonds is 3. The molecule has 2 unspecified atom stereocenters. The maximum absolute atomic E-state index is 6.16. The van der Waals surface area contributed by atoms with Gasteiger partial charge in [-0.05, 0) is 26.0 Å². The van der Waals surface area contributed by atoms with Crippen molar-refractivity contribution in [3.63, 3.8) is 0 Å². The van der Waals surface area contributed by atoms with E-state index in [0.717, 1.165) is 18.7 Å². The molecule has 2 aromatic rings. The number of piperazine rings is 1. The number of hydrogen-bond donors (Lipinski definition) is 1. The van der Waals surface area contributed by atoms with Gasteiger partial charge in [-0.2, -0.15) is 0 Å². The zero-order valence-corrected chi connectivity index (χ0v) is 13.0. The van der Waals surface area contributed by atoms with E-state index in [0.29, 0.717) is 35.4 Å². The smallest absolute Gasteiger partial charge is 0.249 e. The van der Waals surface area contributed by atoms with Gasteiger partial charge in [-0.15, -0.1) is 10.2 Å². The Kier molecular flexibility index (Phi) is 4.24. The Balaban J connectivity index is 1.78. The van der Waals surface area contributed by atoms with Crippen molar-refractivity contribution in [2.75, 3.05) is 13.1 Å². The first kappa shape index (κ1) is 14.5. The molecule has 21 heavy (non-hydrogen) atoms.